The van der Waals surface area contributed by atoms with E-state index >= 15 is 0 Å². The average Bonchev–Trinajstić information content (AvgIpc) is 3.35. The summed E-state index contributed by atoms with van der Waals surface area (Å²) in [6.07, 6.45) is 2.31. The first kappa shape index (κ1) is 13.8. The second-order valence-corrected chi connectivity index (χ2v) is 5.54. The molecule has 6 heteroatoms. The number of carbonyl (C=O) groups excluding carboxylic acids is 1. The summed E-state index contributed by atoms with van der Waals surface area (Å²) in [6, 6.07) is 13.1. The van der Waals surface area contributed by atoms with E-state index in [9.17, 15) is 4.79 Å². The molecule has 0 saturated carbocycles. The van der Waals surface area contributed by atoms with E-state index in [-0.39, 0.29) is 11.8 Å². The van der Waals surface area contributed by atoms with Gasteiger partial charge in [0.1, 0.15) is 0 Å². The molecule has 2 aromatic heterocycles. The molecule has 1 unspecified atom stereocenters. The number of benzene rings is 1. The van der Waals surface area contributed by atoms with Crippen LogP contribution in [0.15, 0.2) is 57.7 Å². The van der Waals surface area contributed by atoms with Crippen LogP contribution in [0.5, 0.6) is 0 Å². The molecule has 6 nitrogen and oxygen atoms in total. The molecule has 1 saturated heterocycles. The molecule has 1 fully saturated rings. The lowest BCUT2D eigenvalue weighted by molar-refractivity contribution is 0.0758. The highest BCUT2D eigenvalue weighted by Gasteiger charge is 2.32. The first-order valence-corrected chi connectivity index (χ1v) is 7.53. The molecule has 0 aliphatic carbocycles. The number of amides is 1. The number of rotatable bonds is 3. The van der Waals surface area contributed by atoms with Crippen LogP contribution >= 0.6 is 0 Å². The topological polar surface area (TPSA) is 72.4 Å². The number of carbonyl (C=O) groups is 1. The second kappa shape index (κ2) is 5.72. The Hall–Kier alpha value is -2.89. The predicted octanol–water partition coefficient (Wildman–Crippen LogP) is 2.96. The molecule has 0 spiro atoms. The van der Waals surface area contributed by atoms with Gasteiger partial charge in [-0.05, 0) is 18.6 Å². The van der Waals surface area contributed by atoms with Crippen molar-refractivity contribution in [2.75, 3.05) is 13.1 Å². The highest BCUT2D eigenvalue weighted by atomic mass is 16.5. The molecule has 0 N–H and O–H groups in total. The maximum atomic E-state index is 12.3. The molecule has 0 bridgehead atoms. The fourth-order valence-electron chi connectivity index (χ4n) is 2.81. The van der Waals surface area contributed by atoms with Crippen LogP contribution in [-0.4, -0.2) is 34.0 Å². The van der Waals surface area contributed by atoms with Crippen molar-refractivity contribution in [3.63, 3.8) is 0 Å². The summed E-state index contributed by atoms with van der Waals surface area (Å²) in [5.41, 5.74) is 0.920. The molecule has 23 heavy (non-hydrogen) atoms. The minimum Gasteiger partial charge on any atom is -0.459 e. The van der Waals surface area contributed by atoms with Crippen LogP contribution in [0.1, 0.15) is 28.8 Å². The van der Waals surface area contributed by atoms with Crippen LogP contribution in [0.25, 0.3) is 11.4 Å². The van der Waals surface area contributed by atoms with E-state index in [0.717, 1.165) is 12.0 Å². The van der Waals surface area contributed by atoms with Gasteiger partial charge in [-0.25, -0.2) is 0 Å². The Kier molecular flexibility index (Phi) is 3.42. The predicted molar refractivity (Wildman–Crippen MR) is 81.7 cm³/mol. The van der Waals surface area contributed by atoms with Crippen molar-refractivity contribution in [1.29, 1.82) is 0 Å². The molecule has 1 aliphatic heterocycles. The van der Waals surface area contributed by atoms with Crippen molar-refractivity contribution in [3.8, 4) is 11.4 Å². The molecular weight excluding hydrogens is 294 g/mol. The zero-order chi connectivity index (χ0) is 15.6. The Morgan fingerprint density at radius 3 is 2.83 bits per heavy atom. The Bertz CT molecular complexity index is 796. The van der Waals surface area contributed by atoms with Gasteiger partial charge in [-0.1, -0.05) is 35.5 Å². The van der Waals surface area contributed by atoms with E-state index in [2.05, 4.69) is 10.1 Å². The summed E-state index contributed by atoms with van der Waals surface area (Å²) < 4.78 is 10.6. The third-order valence-corrected chi connectivity index (χ3v) is 4.03. The molecule has 1 aromatic carbocycles. The zero-order valence-corrected chi connectivity index (χ0v) is 12.4. The first-order chi connectivity index (χ1) is 11.3. The summed E-state index contributed by atoms with van der Waals surface area (Å²) in [5, 5.41) is 4.04. The van der Waals surface area contributed by atoms with Crippen molar-refractivity contribution in [1.82, 2.24) is 15.0 Å². The molecule has 3 aromatic rings. The number of hydrogen-bond donors (Lipinski definition) is 0. The summed E-state index contributed by atoms with van der Waals surface area (Å²) in [6.45, 7) is 1.23. The standard InChI is InChI=1S/C17H15N3O3/c21-17(14-7-4-10-22-14)20-9-8-13(11-20)16-18-15(19-23-16)12-5-2-1-3-6-12/h1-7,10,13H,8-9,11H2. The van der Waals surface area contributed by atoms with Gasteiger partial charge in [-0.2, -0.15) is 4.98 Å². The summed E-state index contributed by atoms with van der Waals surface area (Å²) in [4.78, 5) is 18.5. The van der Waals surface area contributed by atoms with Gasteiger partial charge in [0, 0.05) is 18.7 Å². The molecule has 1 aliphatic rings. The maximum Gasteiger partial charge on any atom is 0.289 e. The molecule has 0 radical (unpaired) electrons. The number of hydrogen-bond acceptors (Lipinski definition) is 5. The Labute approximate surface area is 132 Å². The molecule has 116 valence electrons. The lowest BCUT2D eigenvalue weighted by Gasteiger charge is -2.13. The third-order valence-electron chi connectivity index (χ3n) is 4.03. The van der Waals surface area contributed by atoms with E-state index in [1.54, 1.807) is 17.0 Å². The summed E-state index contributed by atoms with van der Waals surface area (Å²) in [7, 11) is 0. The van der Waals surface area contributed by atoms with Crippen LogP contribution in [0.3, 0.4) is 0 Å². The largest absolute Gasteiger partial charge is 0.459 e. The van der Waals surface area contributed by atoms with Crippen molar-refractivity contribution < 1.29 is 13.7 Å². The maximum absolute atomic E-state index is 12.3. The van der Waals surface area contributed by atoms with Crippen LogP contribution in [0.2, 0.25) is 0 Å². The Balaban J connectivity index is 1.48. The van der Waals surface area contributed by atoms with Crippen molar-refractivity contribution in [2.45, 2.75) is 12.3 Å². The fourth-order valence-corrected chi connectivity index (χ4v) is 2.81. The number of likely N-dealkylation sites (tertiary alicyclic amines) is 1. The Morgan fingerprint density at radius 1 is 1.17 bits per heavy atom. The zero-order valence-electron chi connectivity index (χ0n) is 12.4. The van der Waals surface area contributed by atoms with Crippen molar-refractivity contribution in [2.24, 2.45) is 0 Å². The van der Waals surface area contributed by atoms with Gasteiger partial charge in [-0.3, -0.25) is 4.79 Å². The van der Waals surface area contributed by atoms with E-state index in [1.165, 1.54) is 6.26 Å². The van der Waals surface area contributed by atoms with Gasteiger partial charge in [0.25, 0.3) is 5.91 Å². The van der Waals surface area contributed by atoms with Crippen LogP contribution in [-0.2, 0) is 0 Å². The third kappa shape index (κ3) is 2.63. The van der Waals surface area contributed by atoms with E-state index in [0.29, 0.717) is 30.6 Å². The first-order valence-electron chi connectivity index (χ1n) is 7.53. The van der Waals surface area contributed by atoms with Crippen LogP contribution in [0.4, 0.5) is 0 Å². The normalized spacial score (nSPS) is 17.6. The van der Waals surface area contributed by atoms with Crippen LogP contribution < -0.4 is 0 Å². The van der Waals surface area contributed by atoms with Gasteiger partial charge in [0.05, 0.1) is 12.2 Å². The molecule has 4 rings (SSSR count). The molecule has 3 heterocycles. The number of furan rings is 1. The van der Waals surface area contributed by atoms with Gasteiger partial charge in [0.15, 0.2) is 5.76 Å². The van der Waals surface area contributed by atoms with Crippen LogP contribution in [0, 0.1) is 0 Å². The number of nitrogens with zero attached hydrogens (tertiary/aromatic N) is 3. The van der Waals surface area contributed by atoms with E-state index in [1.807, 2.05) is 30.3 Å². The van der Waals surface area contributed by atoms with Crippen molar-refractivity contribution in [3.05, 3.63) is 60.4 Å². The van der Waals surface area contributed by atoms with Gasteiger partial charge < -0.3 is 13.8 Å². The van der Waals surface area contributed by atoms with E-state index in [4.69, 9.17) is 8.94 Å². The number of aromatic nitrogens is 2. The van der Waals surface area contributed by atoms with Gasteiger partial charge in [-0.15, -0.1) is 0 Å². The Morgan fingerprint density at radius 2 is 2.04 bits per heavy atom. The lowest BCUT2D eigenvalue weighted by atomic mass is 10.1. The van der Waals surface area contributed by atoms with Gasteiger partial charge >= 0.3 is 0 Å². The SMILES string of the molecule is O=C(c1ccco1)N1CCC(c2nc(-c3ccccc3)no2)C1. The summed E-state index contributed by atoms with van der Waals surface area (Å²) in [5.74, 6) is 1.50. The highest BCUT2D eigenvalue weighted by molar-refractivity contribution is 5.91. The van der Waals surface area contributed by atoms with E-state index < -0.39 is 0 Å². The van der Waals surface area contributed by atoms with Crippen molar-refractivity contribution >= 4 is 5.91 Å². The second-order valence-electron chi connectivity index (χ2n) is 5.54. The van der Waals surface area contributed by atoms with Gasteiger partial charge in [0.2, 0.25) is 11.7 Å². The quantitative estimate of drug-likeness (QED) is 0.743. The average molecular weight is 309 g/mol. The molecular formula is C17H15N3O3. The minimum absolute atomic E-state index is 0.0684. The fraction of sp³-hybridized carbons (Fsp3) is 0.235. The lowest BCUT2D eigenvalue weighted by Crippen LogP contribution is -2.28. The smallest absolute Gasteiger partial charge is 0.289 e. The minimum atomic E-state index is -0.0969. The highest BCUT2D eigenvalue weighted by Crippen LogP contribution is 2.28. The molecule has 1 amide bonds. The molecule has 1 atom stereocenters. The summed E-state index contributed by atoms with van der Waals surface area (Å²) >= 11 is 0. The monoisotopic (exact) mass is 309 g/mol.